The average molecular weight is 287 g/mol. The van der Waals surface area contributed by atoms with Crippen LogP contribution in [0, 0.1) is 20.8 Å². The van der Waals surface area contributed by atoms with Gasteiger partial charge in [-0.2, -0.15) is 10.2 Å². The van der Waals surface area contributed by atoms with Crippen LogP contribution in [-0.2, 0) is 11.2 Å². The Labute approximate surface area is 123 Å². The van der Waals surface area contributed by atoms with Crippen molar-refractivity contribution in [3.05, 3.63) is 34.4 Å². The van der Waals surface area contributed by atoms with Gasteiger partial charge in [0, 0.05) is 36.0 Å². The minimum atomic E-state index is 0.183. The zero-order valence-electron chi connectivity index (χ0n) is 12.7. The van der Waals surface area contributed by atoms with E-state index in [1.807, 2.05) is 24.9 Å². The molecular weight excluding hydrogens is 266 g/mol. The van der Waals surface area contributed by atoms with E-state index in [1.54, 1.807) is 0 Å². The number of rotatable bonds is 3. The molecule has 1 atom stereocenters. The van der Waals surface area contributed by atoms with Crippen molar-refractivity contribution in [3.63, 3.8) is 0 Å². The smallest absolute Gasteiger partial charge is 0.227 e. The van der Waals surface area contributed by atoms with Gasteiger partial charge in [0.2, 0.25) is 5.91 Å². The molecule has 0 aromatic carbocycles. The summed E-state index contributed by atoms with van der Waals surface area (Å²) in [6, 6.07) is 0. The Hall–Kier alpha value is -2.11. The monoisotopic (exact) mass is 287 g/mol. The van der Waals surface area contributed by atoms with Gasteiger partial charge in [-0.1, -0.05) is 0 Å². The van der Waals surface area contributed by atoms with E-state index in [0.29, 0.717) is 12.3 Å². The first-order valence-electron chi connectivity index (χ1n) is 7.34. The van der Waals surface area contributed by atoms with Crippen LogP contribution in [-0.4, -0.2) is 44.3 Å². The van der Waals surface area contributed by atoms with Crippen LogP contribution in [0.2, 0.25) is 0 Å². The molecule has 0 bridgehead atoms. The van der Waals surface area contributed by atoms with Gasteiger partial charge in [0.1, 0.15) is 0 Å². The van der Waals surface area contributed by atoms with Crippen molar-refractivity contribution in [1.29, 1.82) is 0 Å². The number of likely N-dealkylation sites (tertiary alicyclic amines) is 1. The molecule has 1 aliphatic rings. The van der Waals surface area contributed by atoms with Crippen LogP contribution in [0.25, 0.3) is 0 Å². The van der Waals surface area contributed by atoms with Crippen molar-refractivity contribution >= 4 is 5.91 Å². The van der Waals surface area contributed by atoms with Crippen LogP contribution in [0.15, 0.2) is 6.20 Å². The lowest BCUT2D eigenvalue weighted by atomic mass is 10.0. The van der Waals surface area contributed by atoms with Crippen LogP contribution in [0.3, 0.4) is 0 Å². The predicted octanol–water partition coefficient (Wildman–Crippen LogP) is 1.62. The fourth-order valence-electron chi connectivity index (χ4n) is 3.09. The third-order valence-electron chi connectivity index (χ3n) is 4.43. The van der Waals surface area contributed by atoms with Crippen LogP contribution in [0.4, 0.5) is 0 Å². The van der Waals surface area contributed by atoms with Gasteiger partial charge >= 0.3 is 0 Å². The van der Waals surface area contributed by atoms with Crippen molar-refractivity contribution in [2.75, 3.05) is 13.1 Å². The Kier molecular flexibility index (Phi) is 3.53. The van der Waals surface area contributed by atoms with Gasteiger partial charge in [-0.15, -0.1) is 0 Å². The van der Waals surface area contributed by atoms with Gasteiger partial charge in [-0.3, -0.25) is 15.0 Å². The number of aromatic nitrogens is 4. The highest BCUT2D eigenvalue weighted by atomic mass is 16.2. The summed E-state index contributed by atoms with van der Waals surface area (Å²) in [4.78, 5) is 14.4. The number of carbonyl (C=O) groups excluding carboxylic acids is 1. The third kappa shape index (κ3) is 2.57. The molecule has 0 aliphatic carbocycles. The summed E-state index contributed by atoms with van der Waals surface area (Å²) in [5, 5.41) is 14.2. The highest BCUT2D eigenvalue weighted by Gasteiger charge is 2.29. The molecule has 0 saturated carbocycles. The number of nitrogens with zero attached hydrogens (tertiary/aromatic N) is 3. The van der Waals surface area contributed by atoms with E-state index in [2.05, 4.69) is 27.3 Å². The highest BCUT2D eigenvalue weighted by molar-refractivity contribution is 5.79. The molecule has 3 heterocycles. The van der Waals surface area contributed by atoms with E-state index in [0.717, 1.165) is 36.5 Å². The molecule has 0 spiro atoms. The van der Waals surface area contributed by atoms with Crippen molar-refractivity contribution in [3.8, 4) is 0 Å². The maximum absolute atomic E-state index is 12.5. The lowest BCUT2D eigenvalue weighted by Crippen LogP contribution is -2.30. The van der Waals surface area contributed by atoms with Crippen molar-refractivity contribution in [2.24, 2.45) is 0 Å². The first kappa shape index (κ1) is 13.9. The molecule has 2 aromatic rings. The Morgan fingerprint density at radius 1 is 1.38 bits per heavy atom. The predicted molar refractivity (Wildman–Crippen MR) is 79.0 cm³/mol. The van der Waals surface area contributed by atoms with E-state index in [-0.39, 0.29) is 5.91 Å². The van der Waals surface area contributed by atoms with E-state index in [4.69, 9.17) is 0 Å². The minimum absolute atomic E-state index is 0.183. The molecule has 2 N–H and O–H groups in total. The van der Waals surface area contributed by atoms with Crippen LogP contribution in [0.5, 0.6) is 0 Å². The summed E-state index contributed by atoms with van der Waals surface area (Å²) >= 11 is 0. The Morgan fingerprint density at radius 3 is 2.81 bits per heavy atom. The Bertz CT molecular complexity index is 637. The summed E-state index contributed by atoms with van der Waals surface area (Å²) in [5.41, 5.74) is 5.28. The summed E-state index contributed by atoms with van der Waals surface area (Å²) in [6.45, 7) is 7.55. The van der Waals surface area contributed by atoms with Crippen LogP contribution >= 0.6 is 0 Å². The molecule has 21 heavy (non-hydrogen) atoms. The number of amides is 1. The zero-order valence-corrected chi connectivity index (χ0v) is 12.7. The first-order chi connectivity index (χ1) is 10.1. The molecule has 6 heteroatoms. The highest BCUT2D eigenvalue weighted by Crippen LogP contribution is 2.28. The molecule has 1 aliphatic heterocycles. The standard InChI is InChI=1S/C15H21N5O/c1-9-7-16-19-15(9)12-4-5-20(8-12)14(21)6-13-10(2)17-18-11(13)3/h7,12H,4-6,8H2,1-3H3,(H,16,19)(H,17,18)/t12-/m0/s1. The number of aromatic amines is 2. The molecule has 3 rings (SSSR count). The van der Waals surface area contributed by atoms with Gasteiger partial charge in [0.25, 0.3) is 0 Å². The van der Waals surface area contributed by atoms with Crippen molar-refractivity contribution < 1.29 is 4.79 Å². The molecule has 112 valence electrons. The van der Waals surface area contributed by atoms with E-state index >= 15 is 0 Å². The number of nitrogens with one attached hydrogen (secondary N) is 2. The largest absolute Gasteiger partial charge is 0.342 e. The van der Waals surface area contributed by atoms with Crippen molar-refractivity contribution in [1.82, 2.24) is 25.3 Å². The van der Waals surface area contributed by atoms with Gasteiger partial charge in [0.05, 0.1) is 18.3 Å². The number of H-pyrrole nitrogens is 2. The molecule has 1 saturated heterocycles. The molecule has 2 aromatic heterocycles. The normalized spacial score (nSPS) is 18.4. The third-order valence-corrected chi connectivity index (χ3v) is 4.43. The van der Waals surface area contributed by atoms with E-state index in [1.165, 1.54) is 11.3 Å². The lowest BCUT2D eigenvalue weighted by molar-refractivity contribution is -0.129. The van der Waals surface area contributed by atoms with Crippen LogP contribution < -0.4 is 0 Å². The summed E-state index contributed by atoms with van der Waals surface area (Å²) in [5.74, 6) is 0.560. The number of hydrogen-bond donors (Lipinski definition) is 2. The maximum Gasteiger partial charge on any atom is 0.227 e. The van der Waals surface area contributed by atoms with E-state index in [9.17, 15) is 4.79 Å². The molecule has 6 nitrogen and oxygen atoms in total. The second-order valence-electron chi connectivity index (χ2n) is 5.88. The van der Waals surface area contributed by atoms with Gasteiger partial charge < -0.3 is 4.90 Å². The first-order valence-corrected chi connectivity index (χ1v) is 7.34. The van der Waals surface area contributed by atoms with Crippen LogP contribution in [0.1, 0.15) is 40.5 Å². The Morgan fingerprint density at radius 2 is 2.19 bits per heavy atom. The zero-order chi connectivity index (χ0) is 15.0. The van der Waals surface area contributed by atoms with Gasteiger partial charge in [-0.25, -0.2) is 0 Å². The topological polar surface area (TPSA) is 77.7 Å². The fraction of sp³-hybridized carbons (Fsp3) is 0.533. The molecule has 0 radical (unpaired) electrons. The maximum atomic E-state index is 12.5. The van der Waals surface area contributed by atoms with E-state index < -0.39 is 0 Å². The number of hydrogen-bond acceptors (Lipinski definition) is 3. The second-order valence-corrected chi connectivity index (χ2v) is 5.88. The molecule has 1 amide bonds. The average Bonchev–Trinajstić information content (AvgIpc) is 3.15. The molecular formula is C15H21N5O. The summed E-state index contributed by atoms with van der Waals surface area (Å²) in [7, 11) is 0. The minimum Gasteiger partial charge on any atom is -0.342 e. The quantitative estimate of drug-likeness (QED) is 0.900. The fourth-order valence-corrected chi connectivity index (χ4v) is 3.09. The summed E-state index contributed by atoms with van der Waals surface area (Å²) < 4.78 is 0. The second kappa shape index (κ2) is 5.35. The molecule has 0 unspecified atom stereocenters. The number of carbonyl (C=O) groups is 1. The molecule has 1 fully saturated rings. The van der Waals surface area contributed by atoms with Crippen molar-refractivity contribution in [2.45, 2.75) is 39.5 Å². The van der Waals surface area contributed by atoms with Gasteiger partial charge in [-0.05, 0) is 32.8 Å². The van der Waals surface area contributed by atoms with Gasteiger partial charge in [0.15, 0.2) is 0 Å². The Balaban J connectivity index is 1.66. The summed E-state index contributed by atoms with van der Waals surface area (Å²) in [6.07, 6.45) is 3.28. The number of aryl methyl sites for hydroxylation is 3. The SMILES string of the molecule is Cc1cn[nH]c1[C@H]1CCN(C(=O)Cc2c(C)n[nH]c2C)C1. The lowest BCUT2D eigenvalue weighted by Gasteiger charge is -2.16.